The van der Waals surface area contributed by atoms with Gasteiger partial charge < -0.3 is 15.5 Å². The lowest BCUT2D eigenvalue weighted by atomic mass is 10.1. The van der Waals surface area contributed by atoms with Crippen LogP contribution in [0.4, 0.5) is 5.69 Å². The van der Waals surface area contributed by atoms with E-state index in [-0.39, 0.29) is 5.91 Å². The Bertz CT molecular complexity index is 836. The Morgan fingerprint density at radius 3 is 2.58 bits per heavy atom. The third-order valence-corrected chi connectivity index (χ3v) is 3.97. The molecule has 0 atom stereocenters. The number of carbonyl (C=O) groups is 1. The van der Waals surface area contributed by atoms with Crippen LogP contribution in [0.2, 0.25) is 0 Å². The van der Waals surface area contributed by atoms with Crippen molar-refractivity contribution in [1.82, 2.24) is 9.38 Å². The zero-order valence-electron chi connectivity index (χ0n) is 13.8. The summed E-state index contributed by atoms with van der Waals surface area (Å²) in [5.41, 5.74) is 10.6. The maximum absolute atomic E-state index is 11.6. The number of carbonyl (C=O) groups excluding carboxylic acids is 1. The molecular weight excluding hydrogens is 300 g/mol. The summed E-state index contributed by atoms with van der Waals surface area (Å²) in [6.45, 7) is 2.50. The Labute approximate surface area is 141 Å². The molecule has 0 saturated heterocycles. The molecule has 0 bridgehead atoms. The summed E-state index contributed by atoms with van der Waals surface area (Å²) in [5.74, 6) is -0.0757. The second kappa shape index (κ2) is 7.27. The summed E-state index contributed by atoms with van der Waals surface area (Å²) in [6, 6.07) is 12.4. The fourth-order valence-electron chi connectivity index (χ4n) is 2.66. The summed E-state index contributed by atoms with van der Waals surface area (Å²) in [7, 11) is 0. The van der Waals surface area contributed by atoms with Crippen molar-refractivity contribution in [3.63, 3.8) is 0 Å². The van der Waals surface area contributed by atoms with Crippen molar-refractivity contribution >= 4 is 17.2 Å². The number of benzene rings is 1. The monoisotopic (exact) mass is 322 g/mol. The number of pyridine rings is 1. The van der Waals surface area contributed by atoms with Gasteiger partial charge in [0, 0.05) is 31.8 Å². The highest BCUT2D eigenvalue weighted by Gasteiger charge is 2.06. The zero-order valence-corrected chi connectivity index (χ0v) is 13.8. The molecule has 3 rings (SSSR count). The van der Waals surface area contributed by atoms with Gasteiger partial charge in [-0.3, -0.25) is 4.79 Å². The van der Waals surface area contributed by atoms with Gasteiger partial charge in [-0.2, -0.15) is 0 Å². The molecule has 3 N–H and O–H groups in total. The molecule has 5 heteroatoms. The summed E-state index contributed by atoms with van der Waals surface area (Å²) < 4.78 is 1.94. The van der Waals surface area contributed by atoms with Crippen molar-refractivity contribution in [3.8, 4) is 0 Å². The van der Waals surface area contributed by atoms with Gasteiger partial charge in [0.15, 0.2) is 0 Å². The maximum atomic E-state index is 11.6. The van der Waals surface area contributed by atoms with Gasteiger partial charge in [-0.15, -0.1) is 0 Å². The lowest BCUT2D eigenvalue weighted by molar-refractivity contribution is -0.116. The number of hydrogen-bond donors (Lipinski definition) is 2. The van der Waals surface area contributed by atoms with Crippen LogP contribution in [0.5, 0.6) is 0 Å². The Morgan fingerprint density at radius 1 is 1.12 bits per heavy atom. The molecule has 2 aromatic heterocycles. The van der Waals surface area contributed by atoms with Crippen molar-refractivity contribution in [2.45, 2.75) is 26.2 Å². The number of nitrogens with two attached hydrogens (primary N) is 1. The molecule has 0 aliphatic rings. The van der Waals surface area contributed by atoms with Gasteiger partial charge in [0.1, 0.15) is 5.65 Å². The zero-order chi connectivity index (χ0) is 16.9. The van der Waals surface area contributed by atoms with E-state index in [0.717, 1.165) is 29.9 Å². The van der Waals surface area contributed by atoms with Crippen molar-refractivity contribution in [3.05, 3.63) is 65.6 Å². The van der Waals surface area contributed by atoms with Gasteiger partial charge in [0.05, 0.1) is 11.4 Å². The maximum Gasteiger partial charge on any atom is 0.225 e. The first kappa shape index (κ1) is 16.2. The predicted octanol–water partition coefficient (Wildman–Crippen LogP) is 2.77. The lowest BCUT2D eigenvalue weighted by Gasteiger charge is -2.04. The molecule has 0 saturated carbocycles. The van der Waals surface area contributed by atoms with Crippen LogP contribution in [-0.4, -0.2) is 21.8 Å². The topological polar surface area (TPSA) is 72.4 Å². The fraction of sp³-hybridized carbons (Fsp3) is 0.263. The van der Waals surface area contributed by atoms with Crippen LogP contribution in [0, 0.1) is 0 Å². The first-order valence-corrected chi connectivity index (χ1v) is 8.23. The highest BCUT2D eigenvalue weighted by molar-refractivity contribution is 5.90. The van der Waals surface area contributed by atoms with E-state index in [0.29, 0.717) is 13.0 Å². The number of nitrogens with zero attached hydrogens (tertiary/aromatic N) is 2. The minimum atomic E-state index is -0.0757. The number of aromatic nitrogens is 2. The number of aryl methyl sites for hydroxylation is 1. The SMILES string of the molecule is CCc1ccc(Cc2cn3cc(NC(=O)CCN)ccc3n2)cc1. The second-order valence-corrected chi connectivity index (χ2v) is 5.85. The van der Waals surface area contributed by atoms with E-state index in [9.17, 15) is 4.79 Å². The molecule has 3 aromatic rings. The molecule has 1 aromatic carbocycles. The molecule has 0 aliphatic heterocycles. The number of amides is 1. The Morgan fingerprint density at radius 2 is 1.88 bits per heavy atom. The van der Waals surface area contributed by atoms with E-state index >= 15 is 0 Å². The van der Waals surface area contributed by atoms with E-state index in [4.69, 9.17) is 5.73 Å². The predicted molar refractivity (Wildman–Crippen MR) is 96.1 cm³/mol. The van der Waals surface area contributed by atoms with Gasteiger partial charge in [-0.1, -0.05) is 31.2 Å². The average molecular weight is 322 g/mol. The van der Waals surface area contributed by atoms with Gasteiger partial charge in [0.2, 0.25) is 5.91 Å². The largest absolute Gasteiger partial charge is 0.330 e. The van der Waals surface area contributed by atoms with Crippen LogP contribution < -0.4 is 11.1 Å². The lowest BCUT2D eigenvalue weighted by Crippen LogP contribution is -2.16. The van der Waals surface area contributed by atoms with Crippen LogP contribution in [-0.2, 0) is 17.6 Å². The summed E-state index contributed by atoms with van der Waals surface area (Å²) >= 11 is 0. The molecule has 1 amide bonds. The highest BCUT2D eigenvalue weighted by Crippen LogP contribution is 2.15. The van der Waals surface area contributed by atoms with Crippen LogP contribution >= 0.6 is 0 Å². The average Bonchev–Trinajstić information content (AvgIpc) is 2.97. The van der Waals surface area contributed by atoms with E-state index in [1.165, 1.54) is 11.1 Å². The number of imidazole rings is 1. The quantitative estimate of drug-likeness (QED) is 0.733. The normalized spacial score (nSPS) is 10.9. The smallest absolute Gasteiger partial charge is 0.225 e. The van der Waals surface area contributed by atoms with Crippen molar-refractivity contribution in [2.24, 2.45) is 5.73 Å². The molecule has 24 heavy (non-hydrogen) atoms. The summed E-state index contributed by atoms with van der Waals surface area (Å²) in [6.07, 6.45) is 6.04. The van der Waals surface area contributed by atoms with Gasteiger partial charge in [-0.25, -0.2) is 4.98 Å². The molecule has 2 heterocycles. The summed E-state index contributed by atoms with van der Waals surface area (Å²) in [4.78, 5) is 16.3. The fourth-order valence-corrected chi connectivity index (χ4v) is 2.66. The van der Waals surface area contributed by atoms with Crippen LogP contribution in [0.3, 0.4) is 0 Å². The third kappa shape index (κ3) is 3.81. The van der Waals surface area contributed by atoms with Gasteiger partial charge in [0.25, 0.3) is 0 Å². The summed E-state index contributed by atoms with van der Waals surface area (Å²) in [5, 5.41) is 2.84. The van der Waals surface area contributed by atoms with Gasteiger partial charge in [-0.05, 0) is 29.7 Å². The Kier molecular flexibility index (Phi) is 4.91. The molecule has 0 unspecified atom stereocenters. The molecule has 0 spiro atoms. The number of hydrogen-bond acceptors (Lipinski definition) is 3. The van der Waals surface area contributed by atoms with Gasteiger partial charge >= 0.3 is 0 Å². The molecule has 0 fully saturated rings. The van der Waals surface area contributed by atoms with Crippen LogP contribution in [0.15, 0.2) is 48.8 Å². The molecule has 0 aliphatic carbocycles. The minimum Gasteiger partial charge on any atom is -0.330 e. The third-order valence-electron chi connectivity index (χ3n) is 3.97. The first-order chi connectivity index (χ1) is 11.7. The molecular formula is C19H22N4O. The van der Waals surface area contributed by atoms with Crippen LogP contribution in [0.1, 0.15) is 30.2 Å². The van der Waals surface area contributed by atoms with Crippen LogP contribution in [0.25, 0.3) is 5.65 Å². The Hall–Kier alpha value is -2.66. The second-order valence-electron chi connectivity index (χ2n) is 5.85. The number of anilines is 1. The van der Waals surface area contributed by atoms with E-state index in [1.54, 1.807) is 0 Å². The highest BCUT2D eigenvalue weighted by atomic mass is 16.1. The Balaban J connectivity index is 1.76. The van der Waals surface area contributed by atoms with Crippen molar-refractivity contribution in [1.29, 1.82) is 0 Å². The minimum absolute atomic E-state index is 0.0757. The van der Waals surface area contributed by atoms with Crippen molar-refractivity contribution in [2.75, 3.05) is 11.9 Å². The number of nitrogens with one attached hydrogen (secondary N) is 1. The molecule has 5 nitrogen and oxygen atoms in total. The van der Waals surface area contributed by atoms with E-state index in [1.807, 2.05) is 28.9 Å². The first-order valence-electron chi connectivity index (χ1n) is 8.23. The van der Waals surface area contributed by atoms with Crippen molar-refractivity contribution < 1.29 is 4.79 Å². The number of fused-ring (bicyclic) bond motifs is 1. The standard InChI is InChI=1S/C19H22N4O/c1-2-14-3-5-15(6-4-14)11-17-13-23-12-16(7-8-18(23)21-17)22-19(24)9-10-20/h3-8,12-13H,2,9-11,20H2,1H3,(H,22,24). The molecule has 124 valence electrons. The molecule has 0 radical (unpaired) electrons. The van der Waals surface area contributed by atoms with E-state index in [2.05, 4.69) is 41.5 Å². The number of rotatable bonds is 6. The van der Waals surface area contributed by atoms with E-state index < -0.39 is 0 Å².